The third kappa shape index (κ3) is 4.12. The highest BCUT2D eigenvalue weighted by Crippen LogP contribution is 2.18. The van der Waals surface area contributed by atoms with E-state index in [9.17, 15) is 4.79 Å². The molecule has 0 radical (unpaired) electrons. The van der Waals surface area contributed by atoms with Gasteiger partial charge in [-0.25, -0.2) is 0 Å². The van der Waals surface area contributed by atoms with Crippen molar-refractivity contribution in [2.24, 2.45) is 5.92 Å². The van der Waals surface area contributed by atoms with Crippen LogP contribution in [0.2, 0.25) is 0 Å². The molecule has 3 rings (SSSR count). The zero-order chi connectivity index (χ0) is 16.2. The summed E-state index contributed by atoms with van der Waals surface area (Å²) in [6.07, 6.45) is 2.96. The minimum Gasteiger partial charge on any atom is -0.361 e. The zero-order valence-corrected chi connectivity index (χ0v) is 14.3. The molecular formula is C17H28N4O2. The van der Waals surface area contributed by atoms with Gasteiger partial charge in [0.2, 0.25) is 5.91 Å². The van der Waals surface area contributed by atoms with E-state index in [-0.39, 0.29) is 0 Å². The van der Waals surface area contributed by atoms with Crippen LogP contribution in [-0.2, 0) is 11.3 Å². The van der Waals surface area contributed by atoms with Gasteiger partial charge in [-0.05, 0) is 45.7 Å². The molecule has 1 aromatic rings. The van der Waals surface area contributed by atoms with Crippen molar-refractivity contribution in [1.82, 2.24) is 20.3 Å². The van der Waals surface area contributed by atoms with Gasteiger partial charge in [0.25, 0.3) is 0 Å². The maximum atomic E-state index is 12.3. The number of hydrogen-bond acceptors (Lipinski definition) is 5. The summed E-state index contributed by atoms with van der Waals surface area (Å²) in [7, 11) is 0. The van der Waals surface area contributed by atoms with Crippen LogP contribution >= 0.6 is 0 Å². The first-order valence-corrected chi connectivity index (χ1v) is 8.76. The fourth-order valence-electron chi connectivity index (χ4n) is 3.55. The Bertz CT molecular complexity index is 509. The fraction of sp³-hybridized carbons (Fsp3) is 0.765. The molecule has 1 amide bonds. The highest BCUT2D eigenvalue weighted by atomic mass is 16.5. The topological polar surface area (TPSA) is 61.6 Å². The van der Waals surface area contributed by atoms with Crippen molar-refractivity contribution in [3.8, 4) is 0 Å². The van der Waals surface area contributed by atoms with Gasteiger partial charge in [-0.1, -0.05) is 5.16 Å². The van der Waals surface area contributed by atoms with Crippen LogP contribution in [0.15, 0.2) is 4.52 Å². The SMILES string of the molecule is Cc1noc(C)c1CN1CCN(C(=O)CCC2CCNC2)CC1. The molecule has 0 spiro atoms. The van der Waals surface area contributed by atoms with E-state index in [1.165, 1.54) is 12.0 Å². The molecule has 2 aliphatic rings. The summed E-state index contributed by atoms with van der Waals surface area (Å²) < 4.78 is 5.23. The molecule has 6 heteroatoms. The van der Waals surface area contributed by atoms with Gasteiger partial charge >= 0.3 is 0 Å². The van der Waals surface area contributed by atoms with Gasteiger partial charge in [-0.3, -0.25) is 9.69 Å². The number of hydrogen-bond donors (Lipinski definition) is 1. The number of carbonyl (C=O) groups excluding carboxylic acids is 1. The molecule has 1 aromatic heterocycles. The van der Waals surface area contributed by atoms with Gasteiger partial charge in [0.05, 0.1) is 5.69 Å². The molecule has 23 heavy (non-hydrogen) atoms. The average molecular weight is 320 g/mol. The van der Waals surface area contributed by atoms with Gasteiger partial charge in [0, 0.05) is 44.7 Å². The normalized spacial score (nSPS) is 22.7. The van der Waals surface area contributed by atoms with Crippen molar-refractivity contribution in [3.05, 3.63) is 17.0 Å². The Balaban J connectivity index is 1.42. The number of aromatic nitrogens is 1. The summed E-state index contributed by atoms with van der Waals surface area (Å²) in [4.78, 5) is 16.8. The minimum atomic E-state index is 0.328. The minimum absolute atomic E-state index is 0.328. The van der Waals surface area contributed by atoms with Crippen LogP contribution in [-0.4, -0.2) is 60.1 Å². The number of nitrogens with one attached hydrogen (secondary N) is 1. The number of piperazine rings is 1. The lowest BCUT2D eigenvalue weighted by molar-refractivity contribution is -0.133. The van der Waals surface area contributed by atoms with Crippen LogP contribution in [0.1, 0.15) is 36.3 Å². The second kappa shape index (κ2) is 7.45. The predicted molar refractivity (Wildman–Crippen MR) is 88.0 cm³/mol. The van der Waals surface area contributed by atoms with Gasteiger partial charge in [-0.15, -0.1) is 0 Å². The first kappa shape index (κ1) is 16.5. The molecule has 1 N–H and O–H groups in total. The number of nitrogens with zero attached hydrogens (tertiary/aromatic N) is 3. The van der Waals surface area contributed by atoms with Crippen molar-refractivity contribution in [2.75, 3.05) is 39.3 Å². The quantitative estimate of drug-likeness (QED) is 0.887. The summed E-state index contributed by atoms with van der Waals surface area (Å²) in [6, 6.07) is 0. The van der Waals surface area contributed by atoms with E-state index in [2.05, 4.69) is 15.4 Å². The summed E-state index contributed by atoms with van der Waals surface area (Å²) in [6.45, 7) is 10.6. The third-order valence-electron chi connectivity index (χ3n) is 5.22. The second-order valence-corrected chi connectivity index (χ2v) is 6.86. The van der Waals surface area contributed by atoms with Crippen molar-refractivity contribution < 1.29 is 9.32 Å². The van der Waals surface area contributed by atoms with E-state index in [0.717, 1.165) is 63.7 Å². The summed E-state index contributed by atoms with van der Waals surface area (Å²) in [5, 5.41) is 7.38. The van der Waals surface area contributed by atoms with Gasteiger partial charge in [0.15, 0.2) is 0 Å². The average Bonchev–Trinajstić information content (AvgIpc) is 3.18. The molecule has 0 bridgehead atoms. The smallest absolute Gasteiger partial charge is 0.222 e. The summed E-state index contributed by atoms with van der Waals surface area (Å²) in [5.41, 5.74) is 2.17. The van der Waals surface area contributed by atoms with Gasteiger partial charge in [-0.2, -0.15) is 0 Å². The van der Waals surface area contributed by atoms with Crippen LogP contribution in [0.25, 0.3) is 0 Å². The molecule has 128 valence electrons. The molecule has 2 aliphatic heterocycles. The number of rotatable bonds is 5. The lowest BCUT2D eigenvalue weighted by Crippen LogP contribution is -2.48. The third-order valence-corrected chi connectivity index (χ3v) is 5.22. The summed E-state index contributed by atoms with van der Waals surface area (Å²) >= 11 is 0. The van der Waals surface area contributed by atoms with Crippen molar-refractivity contribution in [3.63, 3.8) is 0 Å². The maximum absolute atomic E-state index is 12.3. The van der Waals surface area contributed by atoms with Gasteiger partial charge < -0.3 is 14.7 Å². The Labute approximate surface area is 138 Å². The lowest BCUT2D eigenvalue weighted by atomic mass is 10.0. The van der Waals surface area contributed by atoms with Crippen molar-refractivity contribution >= 4 is 5.91 Å². The Hall–Kier alpha value is -1.40. The Morgan fingerprint density at radius 1 is 1.30 bits per heavy atom. The largest absolute Gasteiger partial charge is 0.361 e. The molecule has 2 fully saturated rings. The first-order valence-electron chi connectivity index (χ1n) is 8.76. The molecule has 0 aromatic carbocycles. The number of carbonyl (C=O) groups is 1. The molecule has 3 heterocycles. The summed E-state index contributed by atoms with van der Waals surface area (Å²) in [5.74, 6) is 1.93. The van der Waals surface area contributed by atoms with E-state index >= 15 is 0 Å². The Morgan fingerprint density at radius 3 is 2.70 bits per heavy atom. The molecule has 6 nitrogen and oxygen atoms in total. The standard InChI is InChI=1S/C17H28N4O2/c1-13-16(14(2)23-19-13)12-20-7-9-21(10-8-20)17(22)4-3-15-5-6-18-11-15/h15,18H,3-12H2,1-2H3. The van der Waals surface area contributed by atoms with Gasteiger partial charge in [0.1, 0.15) is 5.76 Å². The van der Waals surface area contributed by atoms with Crippen LogP contribution in [0.5, 0.6) is 0 Å². The molecule has 2 saturated heterocycles. The molecule has 0 aliphatic carbocycles. The number of aryl methyl sites for hydroxylation is 2. The van der Waals surface area contributed by atoms with Crippen molar-refractivity contribution in [2.45, 2.75) is 39.7 Å². The monoisotopic (exact) mass is 320 g/mol. The van der Waals surface area contributed by atoms with E-state index in [0.29, 0.717) is 18.2 Å². The highest BCUT2D eigenvalue weighted by Gasteiger charge is 2.24. The van der Waals surface area contributed by atoms with E-state index in [4.69, 9.17) is 4.52 Å². The second-order valence-electron chi connectivity index (χ2n) is 6.86. The van der Waals surface area contributed by atoms with E-state index in [1.807, 2.05) is 18.7 Å². The zero-order valence-electron chi connectivity index (χ0n) is 14.3. The molecular weight excluding hydrogens is 292 g/mol. The molecule has 1 unspecified atom stereocenters. The Morgan fingerprint density at radius 2 is 2.09 bits per heavy atom. The molecule has 1 atom stereocenters. The van der Waals surface area contributed by atoms with E-state index in [1.54, 1.807) is 0 Å². The van der Waals surface area contributed by atoms with Crippen LogP contribution in [0.4, 0.5) is 0 Å². The lowest BCUT2D eigenvalue weighted by Gasteiger charge is -2.35. The Kier molecular flexibility index (Phi) is 5.33. The van der Waals surface area contributed by atoms with Crippen molar-refractivity contribution in [1.29, 1.82) is 0 Å². The molecule has 0 saturated carbocycles. The predicted octanol–water partition coefficient (Wildman–Crippen LogP) is 1.33. The highest BCUT2D eigenvalue weighted by molar-refractivity contribution is 5.76. The first-order chi connectivity index (χ1) is 11.1. The van der Waals surface area contributed by atoms with Crippen LogP contribution < -0.4 is 5.32 Å². The fourth-order valence-corrected chi connectivity index (χ4v) is 3.55. The van der Waals surface area contributed by atoms with Crippen LogP contribution in [0.3, 0.4) is 0 Å². The maximum Gasteiger partial charge on any atom is 0.222 e. The van der Waals surface area contributed by atoms with Crippen LogP contribution in [0, 0.1) is 19.8 Å². The number of amides is 1. The van der Waals surface area contributed by atoms with E-state index < -0.39 is 0 Å².